The highest BCUT2D eigenvalue weighted by Gasteiger charge is 2.86. The highest BCUT2D eigenvalue weighted by atomic mass is 19.4. The first-order valence-electron chi connectivity index (χ1n) is 7.90. The maximum absolute atomic E-state index is 15.3. The van der Waals surface area contributed by atoms with Gasteiger partial charge in [-0.15, -0.1) is 0 Å². The molecule has 1 spiro atoms. The van der Waals surface area contributed by atoms with Gasteiger partial charge in [0.15, 0.2) is 12.4 Å². The lowest BCUT2D eigenvalue weighted by molar-refractivity contribution is -0.500. The van der Waals surface area contributed by atoms with E-state index >= 15 is 8.78 Å². The van der Waals surface area contributed by atoms with E-state index in [1.165, 1.54) is 19.9 Å². The predicted molar refractivity (Wildman–Crippen MR) is 75.3 cm³/mol. The van der Waals surface area contributed by atoms with Gasteiger partial charge in [0.2, 0.25) is 0 Å². The first-order valence-corrected chi connectivity index (χ1v) is 7.90. The molecule has 1 saturated heterocycles. The van der Waals surface area contributed by atoms with Gasteiger partial charge in [-0.05, 0) is 32.8 Å². The van der Waals surface area contributed by atoms with Gasteiger partial charge < -0.3 is 18.9 Å². The second-order valence-corrected chi connectivity index (χ2v) is 6.82. The molecule has 4 atom stereocenters. The number of halogens is 5. The maximum atomic E-state index is 15.3. The number of hydrogen-bond donors (Lipinski definition) is 0. The van der Waals surface area contributed by atoms with Crippen LogP contribution in [0, 0.1) is 11.8 Å². The van der Waals surface area contributed by atoms with Crippen LogP contribution in [0.2, 0.25) is 0 Å². The smallest absolute Gasteiger partial charge is 0.452 e. The van der Waals surface area contributed by atoms with Crippen LogP contribution in [-0.4, -0.2) is 36.4 Å². The monoisotopic (exact) mass is 370 g/mol. The maximum Gasteiger partial charge on any atom is 0.462 e. The molecule has 0 aromatic carbocycles. The highest BCUT2D eigenvalue weighted by Crippen LogP contribution is 2.64. The third-order valence-electron chi connectivity index (χ3n) is 4.87. The van der Waals surface area contributed by atoms with Crippen molar-refractivity contribution in [3.05, 3.63) is 24.7 Å². The summed E-state index contributed by atoms with van der Waals surface area (Å²) in [6, 6.07) is 0. The van der Waals surface area contributed by atoms with Crippen molar-refractivity contribution in [2.75, 3.05) is 6.79 Å². The fraction of sp³-hybridized carbons (Fsp3) is 0.750. The Morgan fingerprint density at radius 3 is 2.44 bits per heavy atom. The lowest BCUT2D eigenvalue weighted by atomic mass is 9.77. The van der Waals surface area contributed by atoms with E-state index in [4.69, 9.17) is 9.47 Å². The Morgan fingerprint density at radius 1 is 1.28 bits per heavy atom. The van der Waals surface area contributed by atoms with Crippen LogP contribution in [0.4, 0.5) is 22.0 Å². The molecule has 3 aliphatic rings. The van der Waals surface area contributed by atoms with Crippen molar-refractivity contribution < 1.29 is 40.9 Å². The van der Waals surface area contributed by atoms with Crippen LogP contribution in [0.15, 0.2) is 24.7 Å². The lowest BCUT2D eigenvalue weighted by Gasteiger charge is -2.53. The zero-order chi connectivity index (χ0) is 18.7. The minimum absolute atomic E-state index is 0.268. The third-order valence-corrected chi connectivity index (χ3v) is 4.87. The fourth-order valence-corrected chi connectivity index (χ4v) is 3.77. The molecule has 2 aliphatic carbocycles. The summed E-state index contributed by atoms with van der Waals surface area (Å²) in [4.78, 5) is 0. The van der Waals surface area contributed by atoms with E-state index < -0.39 is 48.2 Å². The van der Waals surface area contributed by atoms with Crippen LogP contribution in [0.5, 0.6) is 0 Å². The molecular formula is C16H19F5O4. The van der Waals surface area contributed by atoms with E-state index in [2.05, 4.69) is 16.1 Å². The molecule has 1 heterocycles. The summed E-state index contributed by atoms with van der Waals surface area (Å²) in [6.07, 6.45) is -2.85. The molecule has 2 bridgehead atoms. The average Bonchev–Trinajstić information content (AvgIpc) is 3.04. The predicted octanol–water partition coefficient (Wildman–Crippen LogP) is 4.13. The van der Waals surface area contributed by atoms with E-state index in [9.17, 15) is 13.2 Å². The Bertz CT molecular complexity index is 588. The second-order valence-electron chi connectivity index (χ2n) is 6.82. The Morgan fingerprint density at radius 2 is 1.96 bits per heavy atom. The van der Waals surface area contributed by atoms with Crippen molar-refractivity contribution in [1.29, 1.82) is 0 Å². The van der Waals surface area contributed by atoms with Crippen molar-refractivity contribution in [1.82, 2.24) is 0 Å². The van der Waals surface area contributed by atoms with Crippen molar-refractivity contribution in [2.45, 2.75) is 56.3 Å². The SMILES string of the molecule is C=C1OC2(CC3C=CC2C3)C(F)(F)C(OCOC(C)C)(C(F)(F)F)O1. The average molecular weight is 370 g/mol. The van der Waals surface area contributed by atoms with E-state index in [-0.39, 0.29) is 12.3 Å². The molecule has 1 saturated carbocycles. The van der Waals surface area contributed by atoms with Crippen LogP contribution < -0.4 is 0 Å². The molecule has 142 valence electrons. The van der Waals surface area contributed by atoms with Crippen molar-refractivity contribution in [2.24, 2.45) is 11.8 Å². The molecule has 0 aromatic heterocycles. The Hall–Kier alpha value is -1.35. The molecule has 4 nitrogen and oxygen atoms in total. The molecule has 0 N–H and O–H groups in total. The van der Waals surface area contributed by atoms with Gasteiger partial charge in [-0.2, -0.15) is 22.0 Å². The first kappa shape index (κ1) is 18.4. The van der Waals surface area contributed by atoms with E-state index in [0.29, 0.717) is 6.42 Å². The van der Waals surface area contributed by atoms with Crippen LogP contribution in [0.25, 0.3) is 0 Å². The topological polar surface area (TPSA) is 36.9 Å². The van der Waals surface area contributed by atoms with E-state index in [0.717, 1.165) is 0 Å². The number of fused-ring (bicyclic) bond motifs is 3. The molecule has 4 unspecified atom stereocenters. The number of ether oxygens (including phenoxy) is 4. The van der Waals surface area contributed by atoms with Gasteiger partial charge >= 0.3 is 17.9 Å². The van der Waals surface area contributed by atoms with Gasteiger partial charge in [-0.3, -0.25) is 0 Å². The zero-order valence-corrected chi connectivity index (χ0v) is 13.7. The lowest BCUT2D eigenvalue weighted by Crippen LogP contribution is -2.75. The standard InChI is InChI=1S/C16H19F5O4/c1-9(2)22-8-23-15(16(19,20)21)14(17,18)13(24-10(3)25-15)7-11-4-5-12(13)6-11/h4-5,9,11-12H,3,6-8H2,1-2H3. The van der Waals surface area contributed by atoms with Gasteiger partial charge in [0.1, 0.15) is 0 Å². The Labute approximate surface area is 141 Å². The molecular weight excluding hydrogens is 351 g/mol. The molecule has 1 aliphatic heterocycles. The van der Waals surface area contributed by atoms with Crippen molar-refractivity contribution in [3.8, 4) is 0 Å². The van der Waals surface area contributed by atoms with Gasteiger partial charge in [0.25, 0.3) is 5.95 Å². The van der Waals surface area contributed by atoms with Crippen LogP contribution in [-0.2, 0) is 18.9 Å². The fourth-order valence-electron chi connectivity index (χ4n) is 3.77. The van der Waals surface area contributed by atoms with Gasteiger partial charge in [-0.1, -0.05) is 12.2 Å². The quantitative estimate of drug-likeness (QED) is 0.424. The largest absolute Gasteiger partial charge is 0.462 e. The van der Waals surface area contributed by atoms with Crippen LogP contribution >= 0.6 is 0 Å². The third kappa shape index (κ3) is 2.46. The summed E-state index contributed by atoms with van der Waals surface area (Å²) in [5.41, 5.74) is -2.41. The first-order chi connectivity index (χ1) is 11.5. The molecule has 9 heteroatoms. The molecule has 2 fully saturated rings. The van der Waals surface area contributed by atoms with Crippen molar-refractivity contribution in [3.63, 3.8) is 0 Å². The molecule has 0 radical (unpaired) electrons. The number of alkyl halides is 5. The summed E-state index contributed by atoms with van der Waals surface area (Å²) >= 11 is 0. The molecule has 0 amide bonds. The second kappa shape index (κ2) is 5.57. The molecule has 3 rings (SSSR count). The molecule has 25 heavy (non-hydrogen) atoms. The summed E-state index contributed by atoms with van der Waals surface area (Å²) in [7, 11) is 0. The Kier molecular flexibility index (Phi) is 4.11. The van der Waals surface area contributed by atoms with Crippen LogP contribution in [0.1, 0.15) is 26.7 Å². The van der Waals surface area contributed by atoms with Crippen LogP contribution in [0.3, 0.4) is 0 Å². The van der Waals surface area contributed by atoms with Crippen molar-refractivity contribution >= 4 is 0 Å². The summed E-state index contributed by atoms with van der Waals surface area (Å²) in [5, 5.41) is 0. The molecule has 0 aromatic rings. The van der Waals surface area contributed by atoms with E-state index in [1.807, 2.05) is 0 Å². The minimum Gasteiger partial charge on any atom is -0.452 e. The number of rotatable bonds is 4. The zero-order valence-electron chi connectivity index (χ0n) is 13.7. The summed E-state index contributed by atoms with van der Waals surface area (Å²) in [5.74, 6) is -10.7. The Balaban J connectivity index is 2.03. The van der Waals surface area contributed by atoms with E-state index in [1.54, 1.807) is 6.08 Å². The number of hydrogen-bond acceptors (Lipinski definition) is 4. The normalized spacial score (nSPS) is 39.1. The summed E-state index contributed by atoms with van der Waals surface area (Å²) in [6.45, 7) is 5.27. The van der Waals surface area contributed by atoms with Gasteiger partial charge in [0, 0.05) is 12.3 Å². The van der Waals surface area contributed by atoms with Gasteiger partial charge in [-0.25, -0.2) is 0 Å². The minimum atomic E-state index is -5.54. The summed E-state index contributed by atoms with van der Waals surface area (Å²) < 4.78 is 90.9. The number of allylic oxidation sites excluding steroid dienone is 1. The highest BCUT2D eigenvalue weighted by molar-refractivity contribution is 5.26. The van der Waals surface area contributed by atoms with Gasteiger partial charge in [0.05, 0.1) is 6.10 Å².